The molecule has 0 amide bonds. The number of carbonyl (C=O) groups excluding carboxylic acids is 2. The molecule has 56 heavy (non-hydrogen) atoms. The standard InChI is InChI=1S/C49H96N2O5/c1-6-10-14-24-32-44(30-12-8-3)42-55-48(52)36-28-22-18-16-20-26-34-46(50-40-47-41-51(5)38-39-54-47)35-27-21-17-19-23-29-37-49(53)56-43-45(31-13-9-4)33-25-15-11-7-2/h44-47,50H,6-43H2,1-5H3. The van der Waals surface area contributed by atoms with Crippen LogP contribution in [0.5, 0.6) is 0 Å². The lowest BCUT2D eigenvalue weighted by Gasteiger charge is -2.31. The minimum Gasteiger partial charge on any atom is -0.465 e. The van der Waals surface area contributed by atoms with Crippen LogP contribution in [-0.4, -0.2) is 75.5 Å². The maximum atomic E-state index is 12.4. The second-order valence-electron chi connectivity index (χ2n) is 17.8. The topological polar surface area (TPSA) is 77.1 Å². The highest BCUT2D eigenvalue weighted by Crippen LogP contribution is 2.21. The molecule has 332 valence electrons. The van der Waals surface area contributed by atoms with E-state index in [0.717, 1.165) is 51.9 Å². The molecule has 0 aromatic carbocycles. The minimum atomic E-state index is 0.0108. The van der Waals surface area contributed by atoms with Crippen molar-refractivity contribution in [2.24, 2.45) is 11.8 Å². The number of rotatable bonds is 41. The molecule has 7 nitrogen and oxygen atoms in total. The van der Waals surface area contributed by atoms with Crippen LogP contribution >= 0.6 is 0 Å². The number of hydrogen-bond donors (Lipinski definition) is 1. The van der Waals surface area contributed by atoms with Gasteiger partial charge in [-0.1, -0.05) is 169 Å². The van der Waals surface area contributed by atoms with Gasteiger partial charge in [-0.15, -0.1) is 0 Å². The summed E-state index contributed by atoms with van der Waals surface area (Å²) in [4.78, 5) is 27.3. The zero-order valence-corrected chi connectivity index (χ0v) is 38.2. The van der Waals surface area contributed by atoms with Gasteiger partial charge in [-0.05, 0) is 70.3 Å². The molecule has 1 aliphatic heterocycles. The van der Waals surface area contributed by atoms with Gasteiger partial charge in [0.15, 0.2) is 0 Å². The Balaban J connectivity index is 2.24. The van der Waals surface area contributed by atoms with Gasteiger partial charge in [0.25, 0.3) is 0 Å². The molecule has 1 aliphatic rings. The Labute approximate surface area is 348 Å². The SMILES string of the molecule is CCCCCCC(CCCC)COC(=O)CCCCCCCCC(CCCCCCCCC(=O)OCC(CCCC)CCCCCC)NCC1CN(C)CCO1. The second kappa shape index (κ2) is 39.3. The zero-order chi connectivity index (χ0) is 40.7. The van der Waals surface area contributed by atoms with Crippen molar-refractivity contribution < 1.29 is 23.8 Å². The maximum Gasteiger partial charge on any atom is 0.305 e. The van der Waals surface area contributed by atoms with Gasteiger partial charge in [0, 0.05) is 38.5 Å². The highest BCUT2D eigenvalue weighted by atomic mass is 16.5. The maximum absolute atomic E-state index is 12.4. The van der Waals surface area contributed by atoms with E-state index >= 15 is 0 Å². The van der Waals surface area contributed by atoms with E-state index < -0.39 is 0 Å². The summed E-state index contributed by atoms with van der Waals surface area (Å²) in [6, 6.07) is 0.552. The van der Waals surface area contributed by atoms with E-state index in [1.165, 1.54) is 167 Å². The van der Waals surface area contributed by atoms with Gasteiger partial charge in [-0.3, -0.25) is 9.59 Å². The molecule has 1 heterocycles. The monoisotopic (exact) mass is 793 g/mol. The van der Waals surface area contributed by atoms with Crippen molar-refractivity contribution >= 4 is 11.9 Å². The molecule has 0 spiro atoms. The van der Waals surface area contributed by atoms with E-state index in [2.05, 4.69) is 45.0 Å². The molecular formula is C49H96N2O5. The number of morpholine rings is 1. The quantitative estimate of drug-likeness (QED) is 0.0488. The normalized spacial score (nSPS) is 16.5. The lowest BCUT2D eigenvalue weighted by atomic mass is 9.96. The average Bonchev–Trinajstić information content (AvgIpc) is 3.20. The van der Waals surface area contributed by atoms with Crippen LogP contribution < -0.4 is 5.32 Å². The predicted octanol–water partition coefficient (Wildman–Crippen LogP) is 13.2. The third-order valence-electron chi connectivity index (χ3n) is 12.2. The fourth-order valence-electron chi connectivity index (χ4n) is 8.26. The first-order valence-electron chi connectivity index (χ1n) is 24.8. The number of unbranched alkanes of at least 4 members (excludes halogenated alkanes) is 18. The number of hydrogen-bond acceptors (Lipinski definition) is 7. The van der Waals surface area contributed by atoms with Gasteiger partial charge >= 0.3 is 11.9 Å². The van der Waals surface area contributed by atoms with Gasteiger partial charge < -0.3 is 24.4 Å². The van der Waals surface area contributed by atoms with Crippen LogP contribution in [0.1, 0.15) is 233 Å². The molecule has 7 heteroatoms. The van der Waals surface area contributed by atoms with Gasteiger partial charge in [0.2, 0.25) is 0 Å². The summed E-state index contributed by atoms with van der Waals surface area (Å²) < 4.78 is 17.5. The van der Waals surface area contributed by atoms with Crippen molar-refractivity contribution in [1.82, 2.24) is 10.2 Å². The number of likely N-dealkylation sites (N-methyl/N-ethyl adjacent to an activating group) is 1. The van der Waals surface area contributed by atoms with Crippen molar-refractivity contribution in [3.8, 4) is 0 Å². The molecule has 0 bridgehead atoms. The second-order valence-corrected chi connectivity index (χ2v) is 17.8. The van der Waals surface area contributed by atoms with Crippen LogP contribution in [0.3, 0.4) is 0 Å². The predicted molar refractivity (Wildman–Crippen MR) is 238 cm³/mol. The summed E-state index contributed by atoms with van der Waals surface area (Å²) in [5, 5.41) is 3.90. The molecule has 3 atom stereocenters. The molecule has 0 aromatic rings. The molecule has 3 unspecified atom stereocenters. The van der Waals surface area contributed by atoms with Gasteiger partial charge in [-0.25, -0.2) is 0 Å². The van der Waals surface area contributed by atoms with E-state index in [-0.39, 0.29) is 18.0 Å². The summed E-state index contributed by atoms with van der Waals surface area (Å²) in [7, 11) is 2.19. The van der Waals surface area contributed by atoms with E-state index in [1.54, 1.807) is 0 Å². The van der Waals surface area contributed by atoms with Gasteiger partial charge in [-0.2, -0.15) is 0 Å². The fourth-order valence-corrected chi connectivity index (χ4v) is 8.26. The smallest absolute Gasteiger partial charge is 0.305 e. The van der Waals surface area contributed by atoms with Crippen LogP contribution in [-0.2, 0) is 23.8 Å². The van der Waals surface area contributed by atoms with Crippen molar-refractivity contribution in [3.05, 3.63) is 0 Å². The number of nitrogens with one attached hydrogen (secondary N) is 1. The van der Waals surface area contributed by atoms with Crippen molar-refractivity contribution in [3.63, 3.8) is 0 Å². The van der Waals surface area contributed by atoms with Crippen molar-refractivity contribution in [2.75, 3.05) is 46.5 Å². The molecule has 0 saturated carbocycles. The van der Waals surface area contributed by atoms with Gasteiger partial charge in [0.1, 0.15) is 0 Å². The van der Waals surface area contributed by atoms with Crippen LogP contribution in [0.2, 0.25) is 0 Å². The minimum absolute atomic E-state index is 0.0108. The number of ether oxygens (including phenoxy) is 3. The molecule has 1 fully saturated rings. The third kappa shape index (κ3) is 32.7. The van der Waals surface area contributed by atoms with E-state index in [9.17, 15) is 9.59 Å². The highest BCUT2D eigenvalue weighted by molar-refractivity contribution is 5.69. The van der Waals surface area contributed by atoms with Crippen LogP contribution in [0.15, 0.2) is 0 Å². The highest BCUT2D eigenvalue weighted by Gasteiger charge is 2.19. The number of carbonyl (C=O) groups is 2. The lowest BCUT2D eigenvalue weighted by Crippen LogP contribution is -2.46. The molecule has 1 saturated heterocycles. The Morgan fingerprint density at radius 3 is 1.39 bits per heavy atom. The largest absolute Gasteiger partial charge is 0.465 e. The first-order chi connectivity index (χ1) is 27.4. The first kappa shape index (κ1) is 52.8. The summed E-state index contributed by atoms with van der Waals surface area (Å²) in [6.45, 7) is 14.1. The molecule has 0 aromatic heterocycles. The van der Waals surface area contributed by atoms with Crippen LogP contribution in [0.25, 0.3) is 0 Å². The molecule has 0 radical (unpaired) electrons. The van der Waals surface area contributed by atoms with Crippen molar-refractivity contribution in [2.45, 2.75) is 245 Å². The average molecular weight is 793 g/mol. The number of esters is 2. The molecular weight excluding hydrogens is 697 g/mol. The zero-order valence-electron chi connectivity index (χ0n) is 38.2. The molecule has 1 rings (SSSR count). The molecule has 0 aliphatic carbocycles. The van der Waals surface area contributed by atoms with Gasteiger partial charge in [0.05, 0.1) is 25.9 Å². The Morgan fingerprint density at radius 2 is 0.946 bits per heavy atom. The van der Waals surface area contributed by atoms with Crippen LogP contribution in [0.4, 0.5) is 0 Å². The molecule has 1 N–H and O–H groups in total. The van der Waals surface area contributed by atoms with Crippen molar-refractivity contribution in [1.29, 1.82) is 0 Å². The Morgan fingerprint density at radius 1 is 0.554 bits per heavy atom. The lowest BCUT2D eigenvalue weighted by molar-refractivity contribution is -0.146. The summed E-state index contributed by atoms with van der Waals surface area (Å²) >= 11 is 0. The summed E-state index contributed by atoms with van der Waals surface area (Å²) in [5.41, 5.74) is 0. The first-order valence-corrected chi connectivity index (χ1v) is 24.8. The van der Waals surface area contributed by atoms with E-state index in [0.29, 0.717) is 43.9 Å². The summed E-state index contributed by atoms with van der Waals surface area (Å²) in [5.74, 6) is 1.11. The third-order valence-corrected chi connectivity index (χ3v) is 12.2. The van der Waals surface area contributed by atoms with E-state index in [1.807, 2.05) is 0 Å². The Hall–Kier alpha value is -1.18. The number of nitrogens with zero attached hydrogens (tertiary/aromatic N) is 1. The fraction of sp³-hybridized carbons (Fsp3) is 0.959. The van der Waals surface area contributed by atoms with Crippen LogP contribution in [0, 0.1) is 11.8 Å². The Bertz CT molecular complexity index is 815. The summed E-state index contributed by atoms with van der Waals surface area (Å²) in [6.07, 6.45) is 38.0. The Kier molecular flexibility index (Phi) is 37.1. The van der Waals surface area contributed by atoms with E-state index in [4.69, 9.17) is 14.2 Å².